The van der Waals surface area contributed by atoms with Crippen molar-refractivity contribution in [2.24, 2.45) is 5.41 Å². The highest BCUT2D eigenvalue weighted by atomic mass is 32.2. The summed E-state index contributed by atoms with van der Waals surface area (Å²) < 4.78 is 32.6. The van der Waals surface area contributed by atoms with E-state index in [1.807, 2.05) is 0 Å². The Morgan fingerprint density at radius 1 is 1.47 bits per heavy atom. The van der Waals surface area contributed by atoms with Crippen LogP contribution >= 0.6 is 11.3 Å². The van der Waals surface area contributed by atoms with E-state index in [0.29, 0.717) is 12.3 Å². The first-order chi connectivity index (χ1) is 8.97. The molecular weight excluding hydrogens is 284 g/mol. The van der Waals surface area contributed by atoms with E-state index < -0.39 is 10.0 Å². The predicted octanol–water partition coefficient (Wildman–Crippen LogP) is 1.42. The van der Waals surface area contributed by atoms with Crippen molar-refractivity contribution < 1.29 is 13.2 Å². The molecule has 19 heavy (non-hydrogen) atoms. The smallest absolute Gasteiger partial charge is 0.253 e. The van der Waals surface area contributed by atoms with E-state index in [2.05, 4.69) is 17.0 Å². The summed E-state index contributed by atoms with van der Waals surface area (Å²) in [4.78, 5) is 0. The van der Waals surface area contributed by atoms with Gasteiger partial charge in [0.1, 0.15) is 5.75 Å². The molecule has 0 radical (unpaired) electrons. The van der Waals surface area contributed by atoms with E-state index in [-0.39, 0.29) is 9.62 Å². The third-order valence-corrected chi connectivity index (χ3v) is 6.41. The van der Waals surface area contributed by atoms with Crippen LogP contribution in [0.2, 0.25) is 0 Å². The Morgan fingerprint density at radius 2 is 2.16 bits per heavy atom. The van der Waals surface area contributed by atoms with E-state index in [1.54, 1.807) is 11.4 Å². The standard InChI is InChI=1S/C12H20N2O3S2/c1-12(4-6-13-7-5-12)9-14-19(15,16)11-10(17-2)3-8-18-11/h3,8,13-14H,4-7,9H2,1-2H3. The molecule has 0 bridgehead atoms. The van der Waals surface area contributed by atoms with E-state index in [0.717, 1.165) is 25.9 Å². The van der Waals surface area contributed by atoms with Crippen molar-refractivity contribution in [3.8, 4) is 5.75 Å². The quantitative estimate of drug-likeness (QED) is 0.863. The van der Waals surface area contributed by atoms with Gasteiger partial charge in [-0.05, 0) is 42.8 Å². The monoisotopic (exact) mass is 304 g/mol. The van der Waals surface area contributed by atoms with Gasteiger partial charge < -0.3 is 10.1 Å². The molecule has 0 aromatic carbocycles. The fraction of sp³-hybridized carbons (Fsp3) is 0.667. The highest BCUT2D eigenvalue weighted by molar-refractivity contribution is 7.91. The lowest BCUT2D eigenvalue weighted by Crippen LogP contribution is -2.42. The molecule has 2 N–H and O–H groups in total. The first-order valence-electron chi connectivity index (χ1n) is 6.29. The maximum atomic E-state index is 12.3. The minimum Gasteiger partial charge on any atom is -0.494 e. The molecule has 2 rings (SSSR count). The summed E-state index contributed by atoms with van der Waals surface area (Å²) in [5.74, 6) is 0.410. The van der Waals surface area contributed by atoms with Gasteiger partial charge in [0.25, 0.3) is 10.0 Å². The van der Waals surface area contributed by atoms with Crippen molar-refractivity contribution in [3.63, 3.8) is 0 Å². The largest absolute Gasteiger partial charge is 0.494 e. The minimum absolute atomic E-state index is 0.0306. The Kier molecular flexibility index (Phi) is 4.50. The van der Waals surface area contributed by atoms with Crippen LogP contribution in [0.25, 0.3) is 0 Å². The molecule has 0 aliphatic carbocycles. The van der Waals surface area contributed by atoms with Gasteiger partial charge >= 0.3 is 0 Å². The highest BCUT2D eigenvalue weighted by Crippen LogP contribution is 2.31. The number of sulfonamides is 1. The Morgan fingerprint density at radius 3 is 2.79 bits per heavy atom. The zero-order valence-electron chi connectivity index (χ0n) is 11.2. The van der Waals surface area contributed by atoms with Crippen LogP contribution in [0.4, 0.5) is 0 Å². The molecule has 7 heteroatoms. The molecule has 0 saturated carbocycles. The predicted molar refractivity (Wildman–Crippen MR) is 76.3 cm³/mol. The highest BCUT2D eigenvalue weighted by Gasteiger charge is 2.30. The number of ether oxygens (including phenoxy) is 1. The second kappa shape index (κ2) is 5.78. The molecule has 0 amide bonds. The molecule has 0 unspecified atom stereocenters. The zero-order valence-corrected chi connectivity index (χ0v) is 12.9. The van der Waals surface area contributed by atoms with Gasteiger partial charge in [-0.15, -0.1) is 11.3 Å². The van der Waals surface area contributed by atoms with Gasteiger partial charge in [-0.2, -0.15) is 0 Å². The fourth-order valence-corrected chi connectivity index (χ4v) is 4.69. The molecule has 5 nitrogen and oxygen atoms in total. The Balaban J connectivity index is 2.05. The number of thiophene rings is 1. The lowest BCUT2D eigenvalue weighted by atomic mass is 9.81. The minimum atomic E-state index is -3.47. The zero-order chi connectivity index (χ0) is 13.9. The van der Waals surface area contributed by atoms with Crippen molar-refractivity contribution in [1.29, 1.82) is 0 Å². The van der Waals surface area contributed by atoms with Crippen LogP contribution in [0.15, 0.2) is 15.7 Å². The SMILES string of the molecule is COc1ccsc1S(=O)(=O)NCC1(C)CCNCC1. The summed E-state index contributed by atoms with van der Waals surface area (Å²) >= 11 is 1.18. The van der Waals surface area contributed by atoms with Gasteiger partial charge in [0.2, 0.25) is 0 Å². The maximum Gasteiger partial charge on any atom is 0.253 e. The maximum absolute atomic E-state index is 12.3. The van der Waals surface area contributed by atoms with E-state index in [9.17, 15) is 8.42 Å². The number of hydrogen-bond donors (Lipinski definition) is 2. The lowest BCUT2D eigenvalue weighted by Gasteiger charge is -2.33. The average molecular weight is 304 g/mol. The van der Waals surface area contributed by atoms with Gasteiger partial charge in [-0.3, -0.25) is 0 Å². The van der Waals surface area contributed by atoms with Crippen molar-refractivity contribution >= 4 is 21.4 Å². The van der Waals surface area contributed by atoms with Gasteiger partial charge in [0, 0.05) is 6.54 Å². The topological polar surface area (TPSA) is 67.4 Å². The van der Waals surface area contributed by atoms with Crippen LogP contribution < -0.4 is 14.8 Å². The Labute approximate surface area is 118 Å². The second-order valence-corrected chi connectivity index (χ2v) is 8.04. The van der Waals surface area contributed by atoms with E-state index in [1.165, 1.54) is 18.4 Å². The summed E-state index contributed by atoms with van der Waals surface area (Å²) in [6.07, 6.45) is 1.97. The first kappa shape index (κ1) is 14.8. The van der Waals surface area contributed by atoms with E-state index >= 15 is 0 Å². The molecular formula is C12H20N2O3S2. The van der Waals surface area contributed by atoms with Gasteiger partial charge in [0.05, 0.1) is 7.11 Å². The fourth-order valence-electron chi connectivity index (χ4n) is 2.17. The van der Waals surface area contributed by atoms with Crippen LogP contribution in [0.3, 0.4) is 0 Å². The van der Waals surface area contributed by atoms with Crippen molar-refractivity contribution in [2.45, 2.75) is 24.0 Å². The molecule has 1 saturated heterocycles. The molecule has 108 valence electrons. The van der Waals surface area contributed by atoms with Crippen LogP contribution in [0, 0.1) is 5.41 Å². The van der Waals surface area contributed by atoms with Crippen LogP contribution in [-0.2, 0) is 10.0 Å². The number of hydrogen-bond acceptors (Lipinski definition) is 5. The summed E-state index contributed by atoms with van der Waals surface area (Å²) in [5.41, 5.74) is 0.0306. The molecule has 1 aliphatic rings. The van der Waals surface area contributed by atoms with Gasteiger partial charge in [0.15, 0.2) is 4.21 Å². The summed E-state index contributed by atoms with van der Waals surface area (Å²) in [5, 5.41) is 5.01. The van der Waals surface area contributed by atoms with Crippen LogP contribution in [0.1, 0.15) is 19.8 Å². The number of rotatable bonds is 5. The van der Waals surface area contributed by atoms with E-state index in [4.69, 9.17) is 4.74 Å². The third-order valence-electron chi connectivity index (χ3n) is 3.56. The van der Waals surface area contributed by atoms with Crippen molar-refractivity contribution in [2.75, 3.05) is 26.7 Å². The summed E-state index contributed by atoms with van der Waals surface area (Å²) in [6, 6.07) is 1.67. The Hall–Kier alpha value is -0.630. The molecule has 1 fully saturated rings. The van der Waals surface area contributed by atoms with Gasteiger partial charge in [-0.25, -0.2) is 13.1 Å². The molecule has 0 atom stereocenters. The van der Waals surface area contributed by atoms with Gasteiger partial charge in [-0.1, -0.05) is 6.92 Å². The first-order valence-corrected chi connectivity index (χ1v) is 8.65. The second-order valence-electron chi connectivity index (χ2n) is 5.16. The van der Waals surface area contributed by atoms with Crippen molar-refractivity contribution in [1.82, 2.24) is 10.0 Å². The molecule has 1 aromatic heterocycles. The summed E-state index contributed by atoms with van der Waals surface area (Å²) in [7, 11) is -1.99. The number of piperidine rings is 1. The van der Waals surface area contributed by atoms with Crippen LogP contribution in [0.5, 0.6) is 5.75 Å². The number of methoxy groups -OCH3 is 1. The Bertz CT molecular complexity index is 519. The molecule has 1 aromatic rings. The molecule has 2 heterocycles. The number of nitrogens with one attached hydrogen (secondary N) is 2. The molecule has 1 aliphatic heterocycles. The lowest BCUT2D eigenvalue weighted by molar-refractivity contribution is 0.232. The summed E-state index contributed by atoms with van der Waals surface area (Å²) in [6.45, 7) is 4.49. The average Bonchev–Trinajstić information content (AvgIpc) is 2.87. The van der Waals surface area contributed by atoms with Crippen molar-refractivity contribution in [3.05, 3.63) is 11.4 Å². The molecule has 0 spiro atoms. The third kappa shape index (κ3) is 3.47. The normalized spacial score (nSPS) is 19.3. The van der Waals surface area contributed by atoms with Crippen LogP contribution in [-0.4, -0.2) is 35.2 Å².